The lowest BCUT2D eigenvalue weighted by Gasteiger charge is -2.08. The van der Waals surface area contributed by atoms with Crippen LogP contribution in [0, 0.1) is 13.8 Å². The van der Waals surface area contributed by atoms with Gasteiger partial charge in [0.2, 0.25) is 5.91 Å². The van der Waals surface area contributed by atoms with Crippen molar-refractivity contribution >= 4 is 17.4 Å². The number of carbonyl (C=O) groups excluding carboxylic acids is 1. The third-order valence-corrected chi connectivity index (χ3v) is 3.36. The highest BCUT2D eigenvalue weighted by Crippen LogP contribution is 2.23. The van der Waals surface area contributed by atoms with Crippen LogP contribution in [-0.4, -0.2) is 32.6 Å². The van der Waals surface area contributed by atoms with E-state index in [0.717, 1.165) is 11.4 Å². The number of aryl methyl sites for hydroxylation is 2. The Labute approximate surface area is 133 Å². The number of hydrogen-bond donors (Lipinski definition) is 1. The summed E-state index contributed by atoms with van der Waals surface area (Å²) in [5.41, 5.74) is 2.41. The number of carbonyl (C=O) groups is 1. The van der Waals surface area contributed by atoms with Crippen molar-refractivity contribution in [2.45, 2.75) is 20.3 Å². The van der Waals surface area contributed by atoms with Crippen molar-refractivity contribution < 1.29 is 9.53 Å². The van der Waals surface area contributed by atoms with E-state index in [0.29, 0.717) is 23.0 Å². The molecule has 7 heteroatoms. The van der Waals surface area contributed by atoms with Crippen LogP contribution in [0.2, 0.25) is 0 Å². The first kappa shape index (κ1) is 15.0. The molecular weight excluding hydrogens is 294 g/mol. The molecule has 0 saturated carbocycles. The largest absolute Gasteiger partial charge is 0.495 e. The molecule has 118 valence electrons. The van der Waals surface area contributed by atoms with E-state index in [-0.39, 0.29) is 12.3 Å². The van der Waals surface area contributed by atoms with Crippen LogP contribution in [-0.2, 0) is 11.2 Å². The Morgan fingerprint density at radius 3 is 2.83 bits per heavy atom. The molecule has 0 radical (unpaired) electrons. The fraction of sp³-hybridized carbons (Fsp3) is 0.250. The lowest BCUT2D eigenvalue weighted by molar-refractivity contribution is -0.115. The molecule has 2 aromatic heterocycles. The summed E-state index contributed by atoms with van der Waals surface area (Å²) >= 11 is 0. The Balaban J connectivity index is 1.79. The first-order chi connectivity index (χ1) is 11.1. The van der Waals surface area contributed by atoms with Crippen molar-refractivity contribution in [3.63, 3.8) is 0 Å². The topological polar surface area (TPSA) is 81.4 Å². The molecule has 0 unspecified atom stereocenters. The van der Waals surface area contributed by atoms with Gasteiger partial charge in [0, 0.05) is 11.4 Å². The second kappa shape index (κ2) is 6.04. The predicted octanol–water partition coefficient (Wildman–Crippen LogP) is 1.93. The summed E-state index contributed by atoms with van der Waals surface area (Å²) in [7, 11) is 1.56. The number of amides is 1. The highest BCUT2D eigenvalue weighted by atomic mass is 16.5. The average molecular weight is 311 g/mol. The van der Waals surface area contributed by atoms with E-state index in [1.54, 1.807) is 23.8 Å². The number of anilines is 1. The van der Waals surface area contributed by atoms with E-state index in [9.17, 15) is 4.79 Å². The molecule has 0 aliphatic rings. The van der Waals surface area contributed by atoms with Gasteiger partial charge < -0.3 is 10.1 Å². The van der Waals surface area contributed by atoms with E-state index in [4.69, 9.17) is 4.74 Å². The highest BCUT2D eigenvalue weighted by Gasteiger charge is 2.13. The van der Waals surface area contributed by atoms with E-state index >= 15 is 0 Å². The normalized spacial score (nSPS) is 10.7. The second-order valence-corrected chi connectivity index (χ2v) is 5.20. The summed E-state index contributed by atoms with van der Waals surface area (Å²) in [5.74, 6) is 1.33. The van der Waals surface area contributed by atoms with Crippen molar-refractivity contribution in [1.29, 1.82) is 0 Å². The molecule has 23 heavy (non-hydrogen) atoms. The minimum absolute atomic E-state index is 0.0693. The fourth-order valence-electron chi connectivity index (χ4n) is 2.37. The maximum absolute atomic E-state index is 12.2. The first-order valence-electron chi connectivity index (χ1n) is 7.19. The quantitative estimate of drug-likeness (QED) is 0.796. The molecule has 2 heterocycles. The number of rotatable bonds is 4. The number of methoxy groups -OCH3 is 1. The number of para-hydroxylation sites is 2. The molecule has 0 bridgehead atoms. The van der Waals surface area contributed by atoms with Gasteiger partial charge in [0.25, 0.3) is 5.78 Å². The van der Waals surface area contributed by atoms with Crippen molar-refractivity contribution in [1.82, 2.24) is 19.6 Å². The Morgan fingerprint density at radius 2 is 2.04 bits per heavy atom. The summed E-state index contributed by atoms with van der Waals surface area (Å²) in [5, 5.41) is 7.14. The highest BCUT2D eigenvalue weighted by molar-refractivity contribution is 5.93. The van der Waals surface area contributed by atoms with Crippen molar-refractivity contribution in [2.75, 3.05) is 12.4 Å². The summed E-state index contributed by atoms with van der Waals surface area (Å²) in [6.45, 7) is 3.82. The van der Waals surface area contributed by atoms with Gasteiger partial charge in [0.05, 0.1) is 19.2 Å². The third kappa shape index (κ3) is 3.13. The molecule has 1 N–H and O–H groups in total. The van der Waals surface area contributed by atoms with Crippen LogP contribution in [0.15, 0.2) is 30.3 Å². The molecule has 7 nitrogen and oxygen atoms in total. The zero-order valence-electron chi connectivity index (χ0n) is 13.2. The second-order valence-electron chi connectivity index (χ2n) is 5.20. The van der Waals surface area contributed by atoms with Crippen LogP contribution in [0.3, 0.4) is 0 Å². The zero-order valence-corrected chi connectivity index (χ0v) is 13.2. The number of benzene rings is 1. The first-order valence-corrected chi connectivity index (χ1v) is 7.19. The van der Waals surface area contributed by atoms with Crippen molar-refractivity contribution in [3.8, 4) is 5.75 Å². The smallest absolute Gasteiger partial charge is 0.252 e. The number of nitrogens with zero attached hydrogens (tertiary/aromatic N) is 4. The van der Waals surface area contributed by atoms with Crippen molar-refractivity contribution in [3.05, 3.63) is 47.5 Å². The SMILES string of the molecule is COc1ccccc1NC(=O)Cc1nc2nc(C)cc(C)n2n1. The molecule has 3 rings (SSSR count). The minimum Gasteiger partial charge on any atom is -0.495 e. The minimum atomic E-state index is -0.209. The number of nitrogens with one attached hydrogen (secondary N) is 1. The van der Waals surface area contributed by atoms with Gasteiger partial charge in [-0.1, -0.05) is 12.1 Å². The molecule has 3 aromatic rings. The van der Waals surface area contributed by atoms with Gasteiger partial charge >= 0.3 is 0 Å². The zero-order chi connectivity index (χ0) is 16.4. The molecular formula is C16H17N5O2. The van der Waals surface area contributed by atoms with Crippen LogP contribution < -0.4 is 10.1 Å². The summed E-state index contributed by atoms with van der Waals surface area (Å²) < 4.78 is 6.85. The monoisotopic (exact) mass is 311 g/mol. The van der Waals surface area contributed by atoms with E-state index in [1.807, 2.05) is 32.0 Å². The Bertz CT molecular complexity index is 872. The van der Waals surface area contributed by atoms with Crippen LogP contribution in [0.4, 0.5) is 5.69 Å². The number of hydrogen-bond acceptors (Lipinski definition) is 5. The van der Waals surface area contributed by atoms with Gasteiger partial charge in [-0.2, -0.15) is 4.98 Å². The molecule has 0 atom stereocenters. The summed E-state index contributed by atoms with van der Waals surface area (Å²) in [4.78, 5) is 20.8. The van der Waals surface area contributed by atoms with E-state index in [1.165, 1.54) is 0 Å². The molecule has 0 aliphatic carbocycles. The fourth-order valence-corrected chi connectivity index (χ4v) is 2.37. The average Bonchev–Trinajstić information content (AvgIpc) is 2.90. The molecule has 0 spiro atoms. The van der Waals surface area contributed by atoms with E-state index in [2.05, 4.69) is 20.4 Å². The van der Waals surface area contributed by atoms with Crippen LogP contribution in [0.5, 0.6) is 5.75 Å². The van der Waals surface area contributed by atoms with Crippen molar-refractivity contribution in [2.24, 2.45) is 0 Å². The molecule has 0 aliphatic heterocycles. The maximum atomic E-state index is 12.2. The molecule has 1 aromatic carbocycles. The Kier molecular flexibility index (Phi) is 3.92. The maximum Gasteiger partial charge on any atom is 0.252 e. The predicted molar refractivity (Wildman–Crippen MR) is 85.6 cm³/mol. The van der Waals surface area contributed by atoms with Crippen LogP contribution >= 0.6 is 0 Å². The van der Waals surface area contributed by atoms with Crippen LogP contribution in [0.1, 0.15) is 17.2 Å². The molecule has 0 fully saturated rings. The third-order valence-electron chi connectivity index (χ3n) is 3.36. The number of ether oxygens (including phenoxy) is 1. The Morgan fingerprint density at radius 1 is 1.26 bits per heavy atom. The summed E-state index contributed by atoms with van der Waals surface area (Å²) in [6.07, 6.45) is 0.0693. The Hall–Kier alpha value is -2.96. The van der Waals surface area contributed by atoms with Gasteiger partial charge in [0.1, 0.15) is 5.75 Å². The van der Waals surface area contributed by atoms with Gasteiger partial charge in [-0.3, -0.25) is 4.79 Å². The molecule has 0 saturated heterocycles. The number of fused-ring (bicyclic) bond motifs is 1. The van der Waals surface area contributed by atoms with Crippen LogP contribution in [0.25, 0.3) is 5.78 Å². The standard InChI is InChI=1S/C16H17N5O2/c1-10-8-11(2)21-16(17-10)19-14(20-21)9-15(22)18-12-6-4-5-7-13(12)23-3/h4-8H,9H2,1-3H3,(H,18,22). The van der Waals surface area contributed by atoms with Gasteiger partial charge in [-0.25, -0.2) is 9.50 Å². The number of aromatic nitrogens is 4. The van der Waals surface area contributed by atoms with Gasteiger partial charge in [-0.05, 0) is 32.0 Å². The molecule has 1 amide bonds. The van der Waals surface area contributed by atoms with Gasteiger partial charge in [0.15, 0.2) is 5.82 Å². The summed E-state index contributed by atoms with van der Waals surface area (Å²) in [6, 6.07) is 9.16. The van der Waals surface area contributed by atoms with E-state index < -0.39 is 0 Å². The lowest BCUT2D eigenvalue weighted by Crippen LogP contribution is -2.15. The lowest BCUT2D eigenvalue weighted by atomic mass is 10.2. The van der Waals surface area contributed by atoms with Gasteiger partial charge in [-0.15, -0.1) is 5.10 Å².